The van der Waals surface area contributed by atoms with Gasteiger partial charge in [-0.2, -0.15) is 0 Å². The minimum Gasteiger partial charge on any atom is -0.332 e. The fraction of sp³-hybridized carbons (Fsp3) is 0.182. The van der Waals surface area contributed by atoms with Gasteiger partial charge in [-0.1, -0.05) is 6.07 Å². The van der Waals surface area contributed by atoms with Crippen molar-refractivity contribution in [1.29, 1.82) is 0 Å². The third kappa shape index (κ3) is 2.44. The molecule has 0 aliphatic rings. The van der Waals surface area contributed by atoms with E-state index in [0.29, 0.717) is 6.54 Å². The van der Waals surface area contributed by atoms with Gasteiger partial charge in [-0.05, 0) is 18.6 Å². The fourth-order valence-corrected chi connectivity index (χ4v) is 1.24. The van der Waals surface area contributed by atoms with Crippen LogP contribution in [0.4, 0.5) is 4.79 Å². The molecule has 0 aliphatic carbocycles. The van der Waals surface area contributed by atoms with Gasteiger partial charge in [0.25, 0.3) is 0 Å². The quantitative estimate of drug-likeness (QED) is 0.824. The van der Waals surface area contributed by atoms with Crippen LogP contribution in [0.15, 0.2) is 37.1 Å². The van der Waals surface area contributed by atoms with E-state index in [1.807, 2.05) is 19.1 Å². The van der Waals surface area contributed by atoms with Gasteiger partial charge in [0.15, 0.2) is 0 Å². The fourth-order valence-electron chi connectivity index (χ4n) is 1.24. The molecule has 2 heterocycles. The first-order valence-corrected chi connectivity index (χ1v) is 4.93. The van der Waals surface area contributed by atoms with Crippen molar-refractivity contribution >= 4 is 6.03 Å². The number of pyridine rings is 1. The van der Waals surface area contributed by atoms with Crippen LogP contribution >= 0.6 is 0 Å². The summed E-state index contributed by atoms with van der Waals surface area (Å²) in [7, 11) is 0. The number of hydrogen-bond donors (Lipinski definition) is 1. The number of nitrogens with zero attached hydrogens (tertiary/aromatic N) is 3. The van der Waals surface area contributed by atoms with Gasteiger partial charge in [-0.3, -0.25) is 9.55 Å². The zero-order chi connectivity index (χ0) is 11.4. The highest BCUT2D eigenvalue weighted by atomic mass is 16.2. The lowest BCUT2D eigenvalue weighted by Crippen LogP contribution is -2.27. The van der Waals surface area contributed by atoms with Gasteiger partial charge in [0.1, 0.15) is 6.33 Å². The Bertz CT molecular complexity index is 461. The number of nitrogens with one attached hydrogen (secondary N) is 1. The van der Waals surface area contributed by atoms with E-state index in [2.05, 4.69) is 15.3 Å². The number of rotatable bonds is 2. The lowest BCUT2D eigenvalue weighted by atomic mass is 10.3. The number of aromatic nitrogens is 3. The topological polar surface area (TPSA) is 59.8 Å². The van der Waals surface area contributed by atoms with Crippen molar-refractivity contribution in [2.24, 2.45) is 0 Å². The van der Waals surface area contributed by atoms with E-state index in [1.165, 1.54) is 10.9 Å². The maximum atomic E-state index is 11.5. The standard InChI is InChI=1S/C11H12N4O/c1-9-2-3-10(13-6-9)7-14-11(16)15-5-4-12-8-15/h2-6,8H,7H2,1H3,(H,14,16). The Morgan fingerprint density at radius 2 is 2.38 bits per heavy atom. The lowest BCUT2D eigenvalue weighted by molar-refractivity contribution is 0.242. The molecule has 1 amide bonds. The summed E-state index contributed by atoms with van der Waals surface area (Å²) in [6.45, 7) is 2.39. The van der Waals surface area contributed by atoms with Crippen molar-refractivity contribution in [1.82, 2.24) is 19.9 Å². The van der Waals surface area contributed by atoms with E-state index in [9.17, 15) is 4.79 Å². The van der Waals surface area contributed by atoms with Gasteiger partial charge in [-0.15, -0.1) is 0 Å². The van der Waals surface area contributed by atoms with Crippen molar-refractivity contribution in [2.45, 2.75) is 13.5 Å². The maximum absolute atomic E-state index is 11.5. The van der Waals surface area contributed by atoms with Gasteiger partial charge in [0, 0.05) is 18.6 Å². The van der Waals surface area contributed by atoms with Gasteiger partial charge in [-0.25, -0.2) is 9.78 Å². The van der Waals surface area contributed by atoms with Crippen LogP contribution in [-0.4, -0.2) is 20.6 Å². The molecule has 0 bridgehead atoms. The molecular formula is C11H12N4O. The van der Waals surface area contributed by atoms with Gasteiger partial charge in [0.2, 0.25) is 0 Å². The molecule has 5 heteroatoms. The summed E-state index contributed by atoms with van der Waals surface area (Å²) in [5, 5.41) is 2.74. The van der Waals surface area contributed by atoms with Crippen LogP contribution in [0.2, 0.25) is 0 Å². The molecule has 0 unspecified atom stereocenters. The number of amides is 1. The van der Waals surface area contributed by atoms with Crippen LogP contribution in [0.25, 0.3) is 0 Å². The molecule has 0 radical (unpaired) electrons. The predicted octanol–water partition coefficient (Wildman–Crippen LogP) is 1.34. The molecule has 82 valence electrons. The van der Waals surface area contributed by atoms with Crippen molar-refractivity contribution < 1.29 is 4.79 Å². The van der Waals surface area contributed by atoms with Crippen LogP contribution in [0.5, 0.6) is 0 Å². The van der Waals surface area contributed by atoms with Gasteiger partial charge < -0.3 is 5.32 Å². The third-order valence-electron chi connectivity index (χ3n) is 2.13. The molecule has 5 nitrogen and oxygen atoms in total. The summed E-state index contributed by atoms with van der Waals surface area (Å²) in [5.41, 5.74) is 1.93. The van der Waals surface area contributed by atoms with Gasteiger partial charge in [0.05, 0.1) is 12.2 Å². The molecule has 1 N–H and O–H groups in total. The molecule has 2 rings (SSSR count). The molecule has 0 aromatic carbocycles. The average Bonchev–Trinajstić information content (AvgIpc) is 2.81. The lowest BCUT2D eigenvalue weighted by Gasteiger charge is -2.04. The van der Waals surface area contributed by atoms with Crippen molar-refractivity contribution in [3.05, 3.63) is 48.3 Å². The van der Waals surface area contributed by atoms with E-state index < -0.39 is 0 Å². The molecule has 16 heavy (non-hydrogen) atoms. The summed E-state index contributed by atoms with van der Waals surface area (Å²) in [4.78, 5) is 19.5. The first-order valence-electron chi connectivity index (χ1n) is 4.93. The maximum Gasteiger partial charge on any atom is 0.327 e. The van der Waals surface area contributed by atoms with E-state index in [1.54, 1.807) is 18.6 Å². The first kappa shape index (κ1) is 10.4. The van der Waals surface area contributed by atoms with Crippen LogP contribution in [0.3, 0.4) is 0 Å². The van der Waals surface area contributed by atoms with E-state index in [0.717, 1.165) is 11.3 Å². The number of carbonyl (C=O) groups is 1. The molecule has 0 atom stereocenters. The summed E-state index contributed by atoms with van der Waals surface area (Å²) in [6.07, 6.45) is 6.39. The zero-order valence-corrected chi connectivity index (χ0v) is 8.92. The van der Waals surface area contributed by atoms with Crippen molar-refractivity contribution in [2.75, 3.05) is 0 Å². The summed E-state index contributed by atoms with van der Waals surface area (Å²) < 4.78 is 1.38. The first-order chi connectivity index (χ1) is 7.75. The van der Waals surface area contributed by atoms with Crippen molar-refractivity contribution in [3.8, 4) is 0 Å². The summed E-state index contributed by atoms with van der Waals surface area (Å²) in [5.74, 6) is 0. The normalized spacial score (nSPS) is 10.1. The smallest absolute Gasteiger partial charge is 0.327 e. The minimum atomic E-state index is -0.208. The molecule has 0 saturated carbocycles. The molecule has 0 aliphatic heterocycles. The number of carbonyl (C=O) groups excluding carboxylic acids is 1. The Morgan fingerprint density at radius 3 is 3.00 bits per heavy atom. The van der Waals surface area contributed by atoms with Crippen LogP contribution in [-0.2, 0) is 6.54 Å². The predicted molar refractivity (Wildman–Crippen MR) is 58.8 cm³/mol. The van der Waals surface area contributed by atoms with Crippen molar-refractivity contribution in [3.63, 3.8) is 0 Å². The van der Waals surface area contributed by atoms with E-state index >= 15 is 0 Å². The molecule has 0 saturated heterocycles. The van der Waals surface area contributed by atoms with Crippen LogP contribution < -0.4 is 5.32 Å². The third-order valence-corrected chi connectivity index (χ3v) is 2.13. The Kier molecular flexibility index (Phi) is 2.95. The van der Waals surface area contributed by atoms with Gasteiger partial charge >= 0.3 is 6.03 Å². The van der Waals surface area contributed by atoms with Crippen LogP contribution in [0.1, 0.15) is 11.3 Å². The SMILES string of the molecule is Cc1ccc(CNC(=O)n2ccnc2)nc1. The number of imidazole rings is 1. The second-order valence-electron chi connectivity index (χ2n) is 3.46. The Labute approximate surface area is 93.2 Å². The zero-order valence-electron chi connectivity index (χ0n) is 8.92. The second kappa shape index (κ2) is 4.57. The molecule has 2 aromatic rings. The number of hydrogen-bond acceptors (Lipinski definition) is 3. The monoisotopic (exact) mass is 216 g/mol. The Morgan fingerprint density at radius 1 is 1.50 bits per heavy atom. The highest BCUT2D eigenvalue weighted by molar-refractivity contribution is 5.76. The largest absolute Gasteiger partial charge is 0.332 e. The molecule has 0 spiro atoms. The average molecular weight is 216 g/mol. The molecule has 0 fully saturated rings. The molecular weight excluding hydrogens is 204 g/mol. The molecule has 2 aromatic heterocycles. The highest BCUT2D eigenvalue weighted by Crippen LogP contribution is 1.98. The second-order valence-corrected chi connectivity index (χ2v) is 3.46. The Balaban J connectivity index is 1.93. The van der Waals surface area contributed by atoms with E-state index in [-0.39, 0.29) is 6.03 Å². The Hall–Kier alpha value is -2.17. The summed E-state index contributed by atoms with van der Waals surface area (Å²) >= 11 is 0. The van der Waals surface area contributed by atoms with E-state index in [4.69, 9.17) is 0 Å². The number of aryl methyl sites for hydroxylation is 1. The highest BCUT2D eigenvalue weighted by Gasteiger charge is 2.02. The minimum absolute atomic E-state index is 0.208. The van der Waals surface area contributed by atoms with Crippen LogP contribution in [0, 0.1) is 6.92 Å². The summed E-state index contributed by atoms with van der Waals surface area (Å²) in [6, 6.07) is 3.65.